The number of phenolic OH excluding ortho intramolecular Hbond substituents is 3. The summed E-state index contributed by atoms with van der Waals surface area (Å²) < 4.78 is 5.75. The molecule has 0 spiro atoms. The molecule has 0 saturated carbocycles. The predicted octanol–water partition coefficient (Wildman–Crippen LogP) is 2.75. The molecule has 0 unspecified atom stereocenters. The molecule has 7 heteroatoms. The van der Waals surface area contributed by atoms with Gasteiger partial charge >= 0.3 is 0 Å². The Morgan fingerprint density at radius 3 is 2.37 bits per heavy atom. The molecule has 7 nitrogen and oxygen atoms in total. The number of benzene rings is 2. The average molecular weight is 369 g/mol. The van der Waals surface area contributed by atoms with Crippen LogP contribution in [-0.2, 0) is 0 Å². The van der Waals surface area contributed by atoms with Crippen LogP contribution in [0.25, 0.3) is 22.3 Å². The minimum atomic E-state index is -0.669. The number of fused-ring (bicyclic) bond motifs is 1. The quantitative estimate of drug-likeness (QED) is 0.348. The highest BCUT2D eigenvalue weighted by molar-refractivity contribution is 5.84. The molecule has 0 atom stereocenters. The van der Waals surface area contributed by atoms with Crippen molar-refractivity contribution < 1.29 is 24.8 Å². The van der Waals surface area contributed by atoms with Crippen LogP contribution in [-0.4, -0.2) is 33.5 Å². The van der Waals surface area contributed by atoms with Crippen LogP contribution >= 0.6 is 0 Å². The second-order valence-corrected chi connectivity index (χ2v) is 6.75. The van der Waals surface area contributed by atoms with Crippen LogP contribution < -0.4 is 10.7 Å². The number of rotatable bonds is 2. The SMILES string of the molecule is O=c1c(O)c(-c2cc(O)c(O)cc2O)oc2cc(C3CCNCC3)ccc12. The Balaban J connectivity index is 1.90. The van der Waals surface area contributed by atoms with Crippen molar-refractivity contribution in [2.24, 2.45) is 0 Å². The van der Waals surface area contributed by atoms with E-state index >= 15 is 0 Å². The van der Waals surface area contributed by atoms with Crippen molar-refractivity contribution in [3.63, 3.8) is 0 Å². The molecule has 2 aromatic carbocycles. The number of piperidine rings is 1. The molecular formula is C20H19NO6. The number of hydrogen-bond donors (Lipinski definition) is 5. The van der Waals surface area contributed by atoms with Gasteiger partial charge in [-0.2, -0.15) is 0 Å². The molecule has 1 fully saturated rings. The van der Waals surface area contributed by atoms with Crippen LogP contribution in [0.3, 0.4) is 0 Å². The van der Waals surface area contributed by atoms with Gasteiger partial charge in [-0.05, 0) is 55.6 Å². The van der Waals surface area contributed by atoms with Gasteiger partial charge in [0.1, 0.15) is 11.3 Å². The fourth-order valence-electron chi connectivity index (χ4n) is 3.54. The van der Waals surface area contributed by atoms with Crippen molar-refractivity contribution in [2.75, 3.05) is 13.1 Å². The van der Waals surface area contributed by atoms with Crippen molar-refractivity contribution in [3.05, 3.63) is 46.1 Å². The van der Waals surface area contributed by atoms with E-state index in [1.807, 2.05) is 6.07 Å². The third-order valence-corrected chi connectivity index (χ3v) is 5.04. The summed E-state index contributed by atoms with van der Waals surface area (Å²) >= 11 is 0. The largest absolute Gasteiger partial charge is 0.507 e. The van der Waals surface area contributed by atoms with E-state index in [1.165, 1.54) is 0 Å². The van der Waals surface area contributed by atoms with Crippen LogP contribution in [0, 0.1) is 0 Å². The summed E-state index contributed by atoms with van der Waals surface area (Å²) in [5, 5.41) is 43.1. The molecule has 3 aromatic rings. The lowest BCUT2D eigenvalue weighted by Crippen LogP contribution is -2.26. The zero-order valence-corrected chi connectivity index (χ0v) is 14.4. The highest BCUT2D eigenvalue weighted by atomic mass is 16.4. The number of phenols is 3. The van der Waals surface area contributed by atoms with Gasteiger partial charge in [0.15, 0.2) is 17.3 Å². The first-order chi connectivity index (χ1) is 13.0. The minimum Gasteiger partial charge on any atom is -0.507 e. The maximum atomic E-state index is 12.6. The Hall–Kier alpha value is -3.19. The third-order valence-electron chi connectivity index (χ3n) is 5.04. The van der Waals surface area contributed by atoms with Gasteiger partial charge in [-0.3, -0.25) is 4.79 Å². The van der Waals surface area contributed by atoms with E-state index in [0.29, 0.717) is 5.92 Å². The monoisotopic (exact) mass is 369 g/mol. The summed E-state index contributed by atoms with van der Waals surface area (Å²) in [6.45, 7) is 1.85. The van der Waals surface area contributed by atoms with Crippen molar-refractivity contribution in [3.8, 4) is 34.3 Å². The van der Waals surface area contributed by atoms with Gasteiger partial charge in [0.05, 0.1) is 10.9 Å². The molecule has 2 heterocycles. The Morgan fingerprint density at radius 2 is 1.63 bits per heavy atom. The lowest BCUT2D eigenvalue weighted by atomic mass is 9.90. The molecule has 27 heavy (non-hydrogen) atoms. The molecule has 0 amide bonds. The van der Waals surface area contributed by atoms with Gasteiger partial charge < -0.3 is 30.2 Å². The fraction of sp³-hybridized carbons (Fsp3) is 0.250. The maximum Gasteiger partial charge on any atom is 0.235 e. The molecular weight excluding hydrogens is 350 g/mol. The molecule has 0 bridgehead atoms. The van der Waals surface area contributed by atoms with Gasteiger partial charge in [-0.1, -0.05) is 6.07 Å². The normalized spacial score (nSPS) is 15.3. The van der Waals surface area contributed by atoms with Crippen LogP contribution in [0.1, 0.15) is 24.3 Å². The van der Waals surface area contributed by atoms with Gasteiger partial charge in [-0.15, -0.1) is 0 Å². The molecule has 0 radical (unpaired) electrons. The molecule has 140 valence electrons. The second kappa shape index (κ2) is 6.51. The van der Waals surface area contributed by atoms with E-state index in [0.717, 1.165) is 43.6 Å². The van der Waals surface area contributed by atoms with Crippen molar-refractivity contribution in [2.45, 2.75) is 18.8 Å². The zero-order chi connectivity index (χ0) is 19.1. The summed E-state index contributed by atoms with van der Waals surface area (Å²) in [6, 6.07) is 7.24. The van der Waals surface area contributed by atoms with Crippen LogP contribution in [0.15, 0.2) is 39.5 Å². The van der Waals surface area contributed by atoms with Crippen molar-refractivity contribution in [1.82, 2.24) is 5.32 Å². The summed E-state index contributed by atoms with van der Waals surface area (Å²) in [5.41, 5.74) is 0.613. The van der Waals surface area contributed by atoms with Crippen LogP contribution in [0.4, 0.5) is 0 Å². The van der Waals surface area contributed by atoms with E-state index in [-0.39, 0.29) is 22.3 Å². The Kier molecular flexibility index (Phi) is 4.16. The first-order valence-corrected chi connectivity index (χ1v) is 8.71. The van der Waals surface area contributed by atoms with Crippen LogP contribution in [0.2, 0.25) is 0 Å². The zero-order valence-electron chi connectivity index (χ0n) is 14.4. The minimum absolute atomic E-state index is 0.0888. The first-order valence-electron chi connectivity index (χ1n) is 8.71. The number of aromatic hydroxyl groups is 4. The van der Waals surface area contributed by atoms with Crippen molar-refractivity contribution >= 4 is 11.0 Å². The molecule has 0 aliphatic carbocycles. The highest BCUT2D eigenvalue weighted by Crippen LogP contribution is 2.41. The van der Waals surface area contributed by atoms with Crippen LogP contribution in [0.5, 0.6) is 23.0 Å². The highest BCUT2D eigenvalue weighted by Gasteiger charge is 2.21. The average Bonchev–Trinajstić information content (AvgIpc) is 2.68. The van der Waals surface area contributed by atoms with E-state index in [9.17, 15) is 25.2 Å². The lowest BCUT2D eigenvalue weighted by Gasteiger charge is -2.23. The first kappa shape index (κ1) is 17.2. The Labute approximate surface area is 154 Å². The topological polar surface area (TPSA) is 123 Å². The smallest absolute Gasteiger partial charge is 0.235 e. The molecule has 1 aliphatic heterocycles. The van der Waals surface area contributed by atoms with E-state index in [1.54, 1.807) is 12.1 Å². The number of hydrogen-bond acceptors (Lipinski definition) is 7. The molecule has 5 N–H and O–H groups in total. The lowest BCUT2D eigenvalue weighted by molar-refractivity contribution is 0.395. The summed E-state index contributed by atoms with van der Waals surface area (Å²) in [5.74, 6) is -2.04. The summed E-state index contributed by atoms with van der Waals surface area (Å²) in [6.07, 6.45) is 1.96. The maximum absolute atomic E-state index is 12.6. The molecule has 4 rings (SSSR count). The standard InChI is InChI=1S/C20H19NO6/c22-14-9-16(24)15(23)8-13(14)20-19(26)18(25)12-2-1-11(7-17(12)27-20)10-3-5-21-6-4-10/h1-2,7-10,21-24,26H,3-6H2. The Morgan fingerprint density at radius 1 is 0.926 bits per heavy atom. The molecule has 1 aromatic heterocycles. The Bertz CT molecular complexity index is 1080. The fourth-order valence-corrected chi connectivity index (χ4v) is 3.54. The number of nitrogens with one attached hydrogen (secondary N) is 1. The summed E-state index contributed by atoms with van der Waals surface area (Å²) in [7, 11) is 0. The third kappa shape index (κ3) is 2.96. The second-order valence-electron chi connectivity index (χ2n) is 6.75. The van der Waals surface area contributed by atoms with E-state index in [2.05, 4.69) is 5.32 Å². The van der Waals surface area contributed by atoms with Gasteiger partial charge in [0.2, 0.25) is 11.2 Å². The predicted molar refractivity (Wildman–Crippen MR) is 99.4 cm³/mol. The molecule has 1 saturated heterocycles. The van der Waals surface area contributed by atoms with Crippen molar-refractivity contribution in [1.29, 1.82) is 0 Å². The van der Waals surface area contributed by atoms with Gasteiger partial charge in [-0.25, -0.2) is 0 Å². The van der Waals surface area contributed by atoms with Gasteiger partial charge in [0.25, 0.3) is 0 Å². The van der Waals surface area contributed by atoms with Gasteiger partial charge in [0, 0.05) is 6.07 Å². The summed E-state index contributed by atoms with van der Waals surface area (Å²) in [4.78, 5) is 12.6. The van der Waals surface area contributed by atoms with E-state index in [4.69, 9.17) is 4.42 Å². The molecule has 1 aliphatic rings. The van der Waals surface area contributed by atoms with E-state index < -0.39 is 28.4 Å².